The fraction of sp³-hybridized carbons (Fsp3) is 0.529. The molecule has 0 saturated heterocycles. The third-order valence-electron chi connectivity index (χ3n) is 3.80. The summed E-state index contributed by atoms with van der Waals surface area (Å²) in [5, 5.41) is 30.5. The van der Waals surface area contributed by atoms with Gasteiger partial charge in [0.25, 0.3) is 0 Å². The van der Waals surface area contributed by atoms with E-state index in [1.54, 1.807) is 0 Å². The number of aliphatic hydroxyl groups is 3. The lowest BCUT2D eigenvalue weighted by atomic mass is 10.2. The Morgan fingerprint density at radius 1 is 1.13 bits per heavy atom. The predicted octanol–water partition coefficient (Wildman–Crippen LogP) is 0.304. The molecule has 0 bridgehead atoms. The van der Waals surface area contributed by atoms with Gasteiger partial charge in [0.05, 0.1) is 25.4 Å². The number of fused-ring (bicyclic) bond motifs is 1. The zero-order valence-electron chi connectivity index (χ0n) is 13.5. The van der Waals surface area contributed by atoms with Crippen molar-refractivity contribution in [3.05, 3.63) is 36.5 Å². The summed E-state index contributed by atoms with van der Waals surface area (Å²) in [6, 6.07) is 10.1. The van der Waals surface area contributed by atoms with Crippen molar-refractivity contribution < 1.29 is 20.1 Å². The minimum absolute atomic E-state index is 0.0150. The number of methoxy groups -OCH3 is 1. The molecule has 0 aliphatic heterocycles. The second kappa shape index (κ2) is 9.00. The van der Waals surface area contributed by atoms with E-state index in [0.717, 1.165) is 10.9 Å². The summed E-state index contributed by atoms with van der Waals surface area (Å²) >= 11 is 0. The zero-order chi connectivity index (χ0) is 16.7. The molecular weight excluding hydrogens is 296 g/mol. The third kappa shape index (κ3) is 5.30. The third-order valence-corrected chi connectivity index (χ3v) is 3.80. The van der Waals surface area contributed by atoms with Crippen LogP contribution in [0.3, 0.4) is 0 Å². The van der Waals surface area contributed by atoms with Crippen molar-refractivity contribution in [1.29, 1.82) is 0 Å². The van der Waals surface area contributed by atoms with E-state index in [0.29, 0.717) is 26.2 Å². The molecule has 2 rings (SSSR count). The molecule has 0 amide bonds. The van der Waals surface area contributed by atoms with Crippen molar-refractivity contribution >= 4 is 10.9 Å². The van der Waals surface area contributed by atoms with Gasteiger partial charge in [-0.1, -0.05) is 18.2 Å². The monoisotopic (exact) mass is 322 g/mol. The van der Waals surface area contributed by atoms with Crippen molar-refractivity contribution in [1.82, 2.24) is 9.47 Å². The Morgan fingerprint density at radius 2 is 1.87 bits per heavy atom. The van der Waals surface area contributed by atoms with Gasteiger partial charge in [0.2, 0.25) is 0 Å². The average molecular weight is 322 g/mol. The molecule has 0 saturated carbocycles. The predicted molar refractivity (Wildman–Crippen MR) is 89.4 cm³/mol. The Balaban J connectivity index is 1.94. The number of aliphatic hydroxyl groups excluding tert-OH is 3. The number of rotatable bonds is 10. The largest absolute Gasteiger partial charge is 0.395 e. The van der Waals surface area contributed by atoms with E-state index in [2.05, 4.69) is 0 Å². The quantitative estimate of drug-likeness (QED) is 0.587. The minimum atomic E-state index is -0.633. The molecule has 23 heavy (non-hydrogen) atoms. The topological polar surface area (TPSA) is 78.1 Å². The zero-order valence-corrected chi connectivity index (χ0v) is 13.5. The number of ether oxygens (including phenoxy) is 1. The Kier molecular flexibility index (Phi) is 7.01. The van der Waals surface area contributed by atoms with Crippen LogP contribution in [0.5, 0.6) is 0 Å². The molecule has 3 N–H and O–H groups in total. The van der Waals surface area contributed by atoms with Crippen LogP contribution in [0.4, 0.5) is 0 Å². The number of benzene rings is 1. The van der Waals surface area contributed by atoms with E-state index in [1.807, 2.05) is 46.0 Å². The number of nitrogens with zero attached hydrogens (tertiary/aromatic N) is 2. The van der Waals surface area contributed by atoms with Crippen molar-refractivity contribution in [2.75, 3.05) is 40.0 Å². The molecule has 0 radical (unpaired) electrons. The smallest absolute Gasteiger partial charge is 0.0900 e. The summed E-state index contributed by atoms with van der Waals surface area (Å²) in [5.41, 5.74) is 1.08. The van der Waals surface area contributed by atoms with Gasteiger partial charge < -0.3 is 24.6 Å². The Morgan fingerprint density at radius 3 is 2.61 bits per heavy atom. The van der Waals surface area contributed by atoms with Crippen LogP contribution in [-0.4, -0.2) is 77.0 Å². The summed E-state index contributed by atoms with van der Waals surface area (Å²) in [6.07, 6.45) is 0.739. The van der Waals surface area contributed by atoms with Crippen molar-refractivity contribution in [2.45, 2.75) is 18.8 Å². The summed E-state index contributed by atoms with van der Waals surface area (Å²) in [5.74, 6) is 0. The molecular formula is C17H26N2O4. The van der Waals surface area contributed by atoms with E-state index in [4.69, 9.17) is 9.84 Å². The normalized spacial score (nSPS) is 14.5. The van der Waals surface area contributed by atoms with Crippen LogP contribution in [0, 0.1) is 0 Å². The number of hydrogen-bond donors (Lipinski definition) is 3. The second-order valence-corrected chi connectivity index (χ2v) is 5.77. The second-order valence-electron chi connectivity index (χ2n) is 5.77. The first kappa shape index (κ1) is 17.9. The van der Waals surface area contributed by atoms with Crippen LogP contribution < -0.4 is 0 Å². The lowest BCUT2D eigenvalue weighted by molar-refractivity contribution is 0.0175. The Hall–Kier alpha value is -1.44. The Bertz CT molecular complexity index is 587. The van der Waals surface area contributed by atoms with Crippen molar-refractivity contribution in [3.63, 3.8) is 0 Å². The number of aromatic nitrogens is 1. The highest BCUT2D eigenvalue weighted by Gasteiger charge is 2.16. The molecule has 6 heteroatoms. The fourth-order valence-corrected chi connectivity index (χ4v) is 2.82. The summed E-state index contributed by atoms with van der Waals surface area (Å²) in [7, 11) is 1.53. The molecule has 0 aliphatic rings. The van der Waals surface area contributed by atoms with Gasteiger partial charge in [0.1, 0.15) is 0 Å². The van der Waals surface area contributed by atoms with Crippen LogP contribution in [0.2, 0.25) is 0 Å². The van der Waals surface area contributed by atoms with Crippen LogP contribution in [0.1, 0.15) is 0 Å². The molecule has 128 valence electrons. The maximum atomic E-state index is 10.4. The first-order valence-electron chi connectivity index (χ1n) is 7.86. The number of para-hydroxylation sites is 1. The average Bonchev–Trinajstić information content (AvgIpc) is 2.91. The molecule has 1 aromatic carbocycles. The van der Waals surface area contributed by atoms with Crippen LogP contribution in [-0.2, 0) is 11.3 Å². The van der Waals surface area contributed by atoms with Gasteiger partial charge in [0, 0.05) is 45.0 Å². The highest BCUT2D eigenvalue weighted by Crippen LogP contribution is 2.15. The molecule has 2 aromatic rings. The highest BCUT2D eigenvalue weighted by molar-refractivity contribution is 5.79. The lowest BCUT2D eigenvalue weighted by Crippen LogP contribution is -2.42. The van der Waals surface area contributed by atoms with E-state index in [-0.39, 0.29) is 13.2 Å². The molecule has 6 nitrogen and oxygen atoms in total. The number of hydrogen-bond acceptors (Lipinski definition) is 5. The van der Waals surface area contributed by atoms with E-state index in [9.17, 15) is 10.2 Å². The van der Waals surface area contributed by atoms with Crippen LogP contribution in [0.15, 0.2) is 36.5 Å². The van der Waals surface area contributed by atoms with Gasteiger partial charge in [-0.15, -0.1) is 0 Å². The van der Waals surface area contributed by atoms with E-state index < -0.39 is 12.2 Å². The van der Waals surface area contributed by atoms with Crippen LogP contribution in [0.25, 0.3) is 10.9 Å². The maximum Gasteiger partial charge on any atom is 0.0900 e. The minimum Gasteiger partial charge on any atom is -0.395 e. The molecule has 0 spiro atoms. The van der Waals surface area contributed by atoms with Gasteiger partial charge in [-0.05, 0) is 17.5 Å². The van der Waals surface area contributed by atoms with Gasteiger partial charge in [-0.25, -0.2) is 0 Å². The highest BCUT2D eigenvalue weighted by atomic mass is 16.5. The first-order chi connectivity index (χ1) is 11.1. The first-order valence-corrected chi connectivity index (χ1v) is 7.86. The summed E-state index contributed by atoms with van der Waals surface area (Å²) in [4.78, 5) is 1.85. The Labute approximate surface area is 136 Å². The molecule has 0 aliphatic carbocycles. The van der Waals surface area contributed by atoms with Gasteiger partial charge >= 0.3 is 0 Å². The van der Waals surface area contributed by atoms with Crippen LogP contribution >= 0.6 is 0 Å². The SMILES string of the molecule is COCC(O)CN(CCO)CC(O)Cn1ccc2ccccc21. The molecule has 1 aromatic heterocycles. The molecule has 1 heterocycles. The van der Waals surface area contributed by atoms with Gasteiger partial charge in [0.15, 0.2) is 0 Å². The van der Waals surface area contributed by atoms with Gasteiger partial charge in [-0.3, -0.25) is 4.90 Å². The summed E-state index contributed by atoms with van der Waals surface area (Å²) in [6.45, 7) is 1.84. The van der Waals surface area contributed by atoms with E-state index >= 15 is 0 Å². The van der Waals surface area contributed by atoms with E-state index in [1.165, 1.54) is 7.11 Å². The standard InChI is InChI=1S/C17H26N2O4/c1-23-13-16(22)11-18(8-9-20)10-15(21)12-19-7-6-14-4-2-3-5-17(14)19/h2-7,15-16,20-22H,8-13H2,1H3. The van der Waals surface area contributed by atoms with Crippen molar-refractivity contribution in [2.24, 2.45) is 0 Å². The van der Waals surface area contributed by atoms with Crippen molar-refractivity contribution in [3.8, 4) is 0 Å². The molecule has 0 fully saturated rings. The summed E-state index contributed by atoms with van der Waals surface area (Å²) < 4.78 is 6.93. The van der Waals surface area contributed by atoms with Gasteiger partial charge in [-0.2, -0.15) is 0 Å². The molecule has 2 unspecified atom stereocenters. The molecule has 2 atom stereocenters. The fourth-order valence-electron chi connectivity index (χ4n) is 2.82. The maximum absolute atomic E-state index is 10.4. The lowest BCUT2D eigenvalue weighted by Gasteiger charge is -2.26.